The Hall–Kier alpha value is -1.52. The number of rotatable bonds is 7. The van der Waals surface area contributed by atoms with Gasteiger partial charge in [0.05, 0.1) is 0 Å². The molecule has 0 heterocycles. The molecule has 1 fully saturated rings. The number of ether oxygens (including phenoxy) is 1. The second-order valence-electron chi connectivity index (χ2n) is 6.41. The number of hydrogen-bond donors (Lipinski definition) is 0. The summed E-state index contributed by atoms with van der Waals surface area (Å²) in [6.45, 7) is -1.22. The molecule has 0 unspecified atom stereocenters. The highest BCUT2D eigenvalue weighted by molar-refractivity contribution is 5.33. The fourth-order valence-electron chi connectivity index (χ4n) is 3.49. The highest BCUT2D eigenvalue weighted by atomic mass is 19.3. The summed E-state index contributed by atoms with van der Waals surface area (Å²) in [4.78, 5) is 0. The molecule has 24 heavy (non-hydrogen) atoms. The SMILES string of the molecule is CC=CCCCC1CCC(c2cc(F)c(OC(F)F)c(F)c2)CC1. The van der Waals surface area contributed by atoms with Gasteiger partial charge in [-0.15, -0.1) is 0 Å². The van der Waals surface area contributed by atoms with Gasteiger partial charge in [-0.3, -0.25) is 0 Å². The Kier molecular flexibility index (Phi) is 7.13. The van der Waals surface area contributed by atoms with Gasteiger partial charge in [0.2, 0.25) is 0 Å². The van der Waals surface area contributed by atoms with E-state index in [1.807, 2.05) is 6.92 Å². The molecule has 1 aliphatic rings. The van der Waals surface area contributed by atoms with Crippen LogP contribution in [0.25, 0.3) is 0 Å². The summed E-state index contributed by atoms with van der Waals surface area (Å²) in [5, 5.41) is 0. The third-order valence-corrected chi connectivity index (χ3v) is 4.76. The fraction of sp³-hybridized carbons (Fsp3) is 0.579. The minimum absolute atomic E-state index is 0.0846. The average Bonchev–Trinajstić information content (AvgIpc) is 2.55. The molecule has 0 amide bonds. The predicted octanol–water partition coefficient (Wildman–Crippen LogP) is 6.59. The summed E-state index contributed by atoms with van der Waals surface area (Å²) < 4.78 is 55.9. The Balaban J connectivity index is 1.92. The van der Waals surface area contributed by atoms with E-state index >= 15 is 0 Å². The lowest BCUT2D eigenvalue weighted by Gasteiger charge is -2.29. The van der Waals surface area contributed by atoms with Crippen LogP contribution in [0.3, 0.4) is 0 Å². The van der Waals surface area contributed by atoms with Crippen LogP contribution in [0.4, 0.5) is 17.6 Å². The lowest BCUT2D eigenvalue weighted by molar-refractivity contribution is -0.0546. The Morgan fingerprint density at radius 2 is 1.75 bits per heavy atom. The number of hydrogen-bond acceptors (Lipinski definition) is 1. The smallest absolute Gasteiger partial charge is 0.387 e. The molecule has 0 aliphatic heterocycles. The molecule has 1 aromatic carbocycles. The summed E-state index contributed by atoms with van der Waals surface area (Å²) in [5.41, 5.74) is 0.541. The highest BCUT2D eigenvalue weighted by Gasteiger charge is 2.25. The molecule has 0 N–H and O–H groups in total. The van der Waals surface area contributed by atoms with Crippen molar-refractivity contribution >= 4 is 0 Å². The Bertz CT molecular complexity index is 525. The van der Waals surface area contributed by atoms with Gasteiger partial charge in [0.1, 0.15) is 0 Å². The van der Waals surface area contributed by atoms with Gasteiger partial charge in [-0.25, -0.2) is 8.78 Å². The average molecular weight is 344 g/mol. The zero-order valence-electron chi connectivity index (χ0n) is 13.9. The highest BCUT2D eigenvalue weighted by Crippen LogP contribution is 2.39. The summed E-state index contributed by atoms with van der Waals surface area (Å²) in [7, 11) is 0. The van der Waals surface area contributed by atoms with Crippen LogP contribution in [0.1, 0.15) is 63.4 Å². The zero-order valence-corrected chi connectivity index (χ0v) is 13.9. The Morgan fingerprint density at radius 3 is 2.29 bits per heavy atom. The van der Waals surface area contributed by atoms with Crippen LogP contribution < -0.4 is 4.74 Å². The van der Waals surface area contributed by atoms with Crippen molar-refractivity contribution in [3.05, 3.63) is 41.5 Å². The molecule has 0 bridgehead atoms. The van der Waals surface area contributed by atoms with E-state index in [4.69, 9.17) is 0 Å². The van der Waals surface area contributed by atoms with Gasteiger partial charge in [0, 0.05) is 0 Å². The second-order valence-corrected chi connectivity index (χ2v) is 6.41. The molecule has 0 aromatic heterocycles. The normalized spacial score (nSPS) is 21.6. The first kappa shape index (κ1) is 18.8. The van der Waals surface area contributed by atoms with Crippen molar-refractivity contribution in [2.24, 2.45) is 5.92 Å². The lowest BCUT2D eigenvalue weighted by atomic mass is 9.77. The van der Waals surface area contributed by atoms with E-state index in [-0.39, 0.29) is 5.92 Å². The summed E-state index contributed by atoms with van der Waals surface area (Å²) in [5.74, 6) is -2.35. The molecule has 1 aromatic rings. The maximum Gasteiger partial charge on any atom is 0.387 e. The maximum absolute atomic E-state index is 13.8. The van der Waals surface area contributed by atoms with Gasteiger partial charge in [-0.1, -0.05) is 18.6 Å². The third-order valence-electron chi connectivity index (χ3n) is 4.76. The molecule has 1 aliphatic carbocycles. The van der Waals surface area contributed by atoms with Crippen LogP contribution in [0.2, 0.25) is 0 Å². The van der Waals surface area contributed by atoms with Crippen molar-refractivity contribution in [1.82, 2.24) is 0 Å². The molecule has 0 saturated heterocycles. The first-order valence-corrected chi connectivity index (χ1v) is 8.56. The standard InChI is InChI=1S/C19H24F4O/c1-2-3-4-5-6-13-7-9-14(10-8-13)15-11-16(20)18(17(21)12-15)24-19(22)23/h2-3,11-14,19H,4-10H2,1H3. The summed E-state index contributed by atoms with van der Waals surface area (Å²) in [6.07, 6.45) is 11.5. The molecule has 0 atom stereocenters. The van der Waals surface area contributed by atoms with Crippen LogP contribution in [0, 0.1) is 17.6 Å². The van der Waals surface area contributed by atoms with E-state index in [1.165, 1.54) is 12.8 Å². The Labute approximate surface area is 140 Å². The van der Waals surface area contributed by atoms with Crippen molar-refractivity contribution in [2.75, 3.05) is 0 Å². The van der Waals surface area contributed by atoms with Crippen molar-refractivity contribution in [2.45, 2.75) is 64.4 Å². The number of alkyl halides is 2. The van der Waals surface area contributed by atoms with Crippen LogP contribution in [0.15, 0.2) is 24.3 Å². The van der Waals surface area contributed by atoms with Gasteiger partial charge < -0.3 is 4.74 Å². The van der Waals surface area contributed by atoms with Crippen molar-refractivity contribution in [1.29, 1.82) is 0 Å². The largest absolute Gasteiger partial charge is 0.429 e. The van der Waals surface area contributed by atoms with Crippen molar-refractivity contribution in [3.63, 3.8) is 0 Å². The molecule has 1 saturated carbocycles. The zero-order chi connectivity index (χ0) is 17.5. The molecule has 134 valence electrons. The molecular weight excluding hydrogens is 320 g/mol. The quantitative estimate of drug-likeness (QED) is 0.308. The Morgan fingerprint density at radius 1 is 1.12 bits per heavy atom. The van der Waals surface area contributed by atoms with Crippen LogP contribution in [0.5, 0.6) is 5.75 Å². The van der Waals surface area contributed by atoms with E-state index in [1.54, 1.807) is 0 Å². The topological polar surface area (TPSA) is 9.23 Å². The minimum Gasteiger partial charge on any atom is -0.429 e. The minimum atomic E-state index is -3.24. The van der Waals surface area contributed by atoms with Crippen molar-refractivity contribution < 1.29 is 22.3 Å². The van der Waals surface area contributed by atoms with E-state index in [9.17, 15) is 17.6 Å². The number of unbranched alkanes of at least 4 members (excludes halogenated alkanes) is 1. The van der Waals surface area contributed by atoms with Gasteiger partial charge in [-0.05, 0) is 75.0 Å². The monoisotopic (exact) mass is 344 g/mol. The van der Waals surface area contributed by atoms with E-state index in [0.29, 0.717) is 11.5 Å². The summed E-state index contributed by atoms with van der Waals surface area (Å²) in [6, 6.07) is 2.27. The van der Waals surface area contributed by atoms with Crippen LogP contribution >= 0.6 is 0 Å². The van der Waals surface area contributed by atoms with Gasteiger partial charge in [0.25, 0.3) is 0 Å². The summed E-state index contributed by atoms with van der Waals surface area (Å²) >= 11 is 0. The molecular formula is C19H24F4O. The molecule has 5 heteroatoms. The second kappa shape index (κ2) is 9.09. The number of allylic oxidation sites excluding steroid dienone is 2. The van der Waals surface area contributed by atoms with Crippen LogP contribution in [-0.2, 0) is 0 Å². The first-order valence-electron chi connectivity index (χ1n) is 8.56. The number of benzene rings is 1. The van der Waals surface area contributed by atoms with E-state index in [2.05, 4.69) is 16.9 Å². The predicted molar refractivity (Wildman–Crippen MR) is 86.4 cm³/mol. The first-order chi connectivity index (χ1) is 11.5. The van der Waals surface area contributed by atoms with Crippen LogP contribution in [-0.4, -0.2) is 6.61 Å². The van der Waals surface area contributed by atoms with E-state index in [0.717, 1.165) is 44.2 Å². The van der Waals surface area contributed by atoms with Gasteiger partial charge in [0.15, 0.2) is 17.4 Å². The molecule has 1 nitrogen and oxygen atoms in total. The number of halogens is 4. The molecule has 0 radical (unpaired) electrons. The lowest BCUT2D eigenvalue weighted by Crippen LogP contribution is -2.14. The van der Waals surface area contributed by atoms with Gasteiger partial charge >= 0.3 is 6.61 Å². The fourth-order valence-corrected chi connectivity index (χ4v) is 3.49. The maximum atomic E-state index is 13.8. The molecule has 0 spiro atoms. The van der Waals surface area contributed by atoms with Gasteiger partial charge in [-0.2, -0.15) is 8.78 Å². The molecule has 2 rings (SSSR count). The third kappa shape index (κ3) is 5.25. The van der Waals surface area contributed by atoms with E-state index < -0.39 is 24.0 Å². The van der Waals surface area contributed by atoms with Crippen molar-refractivity contribution in [3.8, 4) is 5.75 Å².